The number of rotatable bonds is 5. The van der Waals surface area contributed by atoms with Gasteiger partial charge in [0.2, 0.25) is 5.82 Å². The van der Waals surface area contributed by atoms with Gasteiger partial charge in [-0.3, -0.25) is 4.57 Å². The predicted octanol–water partition coefficient (Wildman–Crippen LogP) is 5.38. The van der Waals surface area contributed by atoms with Gasteiger partial charge in [-0.25, -0.2) is 0 Å². The number of benzene rings is 1. The van der Waals surface area contributed by atoms with Crippen LogP contribution in [0.1, 0.15) is 12.5 Å². The fraction of sp³-hybridized carbons (Fsp3) is 0.200. The fourth-order valence-corrected chi connectivity index (χ4v) is 3.55. The second-order valence-electron chi connectivity index (χ2n) is 4.57. The summed E-state index contributed by atoms with van der Waals surface area (Å²) in [6, 6.07) is 12.1. The smallest absolute Gasteiger partial charge is 0.200 e. The molecule has 0 saturated carbocycles. The lowest BCUT2D eigenvalue weighted by Crippen LogP contribution is -1.99. The van der Waals surface area contributed by atoms with E-state index in [-0.39, 0.29) is 0 Å². The summed E-state index contributed by atoms with van der Waals surface area (Å²) in [5.74, 6) is 2.33. The summed E-state index contributed by atoms with van der Waals surface area (Å²) in [7, 11) is 0. The molecule has 0 N–H and O–H groups in total. The molecule has 0 atom stereocenters. The number of hydrogen-bond donors (Lipinski definition) is 0. The molecule has 0 aliphatic rings. The average molecular weight is 443 g/mol. The minimum Gasteiger partial charge on any atom is -0.446 e. The largest absolute Gasteiger partial charge is 0.446 e. The summed E-state index contributed by atoms with van der Waals surface area (Å²) in [5, 5.41) is 9.46. The van der Waals surface area contributed by atoms with Gasteiger partial charge in [-0.15, -0.1) is 10.2 Å². The Hall–Kier alpha value is -1.05. The number of thioether (sulfide) groups is 1. The quantitative estimate of drug-likeness (QED) is 0.498. The molecule has 0 fully saturated rings. The van der Waals surface area contributed by atoms with E-state index in [1.807, 2.05) is 24.3 Å². The summed E-state index contributed by atoms with van der Waals surface area (Å²) in [5.41, 5.74) is 1.25. The predicted molar refractivity (Wildman–Crippen MR) is 94.8 cm³/mol. The molecule has 0 bridgehead atoms. The molecule has 3 aromatic rings. The first-order valence-corrected chi connectivity index (χ1v) is 9.30. The van der Waals surface area contributed by atoms with E-state index in [2.05, 4.69) is 65.7 Å². The zero-order valence-corrected chi connectivity index (χ0v) is 15.8. The van der Waals surface area contributed by atoms with Gasteiger partial charge in [0.1, 0.15) is 0 Å². The number of furan rings is 1. The van der Waals surface area contributed by atoms with Crippen LogP contribution in [0, 0.1) is 0 Å². The van der Waals surface area contributed by atoms with Gasteiger partial charge >= 0.3 is 0 Å². The first kappa shape index (κ1) is 15.8. The van der Waals surface area contributed by atoms with Crippen LogP contribution in [0.2, 0.25) is 0 Å². The van der Waals surface area contributed by atoms with Crippen LogP contribution in [0.4, 0.5) is 0 Å². The summed E-state index contributed by atoms with van der Waals surface area (Å²) >= 11 is 8.44. The van der Waals surface area contributed by atoms with Crippen LogP contribution in [-0.4, -0.2) is 14.8 Å². The average Bonchev–Trinajstić information content (AvgIpc) is 3.12. The van der Waals surface area contributed by atoms with Crippen molar-refractivity contribution in [2.24, 2.45) is 0 Å². The standard InChI is InChI=1S/C15H13Br2N3OS/c1-2-20-14(12-7-8-13(17)21-12)18-19-15(20)22-9-10-3-5-11(16)6-4-10/h3-8H,2,9H2,1H3. The van der Waals surface area contributed by atoms with Crippen LogP contribution in [0.3, 0.4) is 0 Å². The Balaban J connectivity index is 1.79. The van der Waals surface area contributed by atoms with E-state index in [1.54, 1.807) is 11.8 Å². The lowest BCUT2D eigenvalue weighted by Gasteiger charge is -2.06. The van der Waals surface area contributed by atoms with Crippen molar-refractivity contribution in [1.82, 2.24) is 14.8 Å². The van der Waals surface area contributed by atoms with E-state index in [4.69, 9.17) is 4.42 Å². The maximum absolute atomic E-state index is 5.58. The summed E-state index contributed by atoms with van der Waals surface area (Å²) < 4.78 is 9.42. The first-order valence-electron chi connectivity index (χ1n) is 6.73. The molecule has 114 valence electrons. The van der Waals surface area contributed by atoms with Crippen molar-refractivity contribution in [3.8, 4) is 11.6 Å². The lowest BCUT2D eigenvalue weighted by molar-refractivity contribution is 0.543. The molecule has 0 radical (unpaired) electrons. The molecule has 3 rings (SSSR count). The minimum atomic E-state index is 0.692. The Morgan fingerprint density at radius 2 is 1.86 bits per heavy atom. The van der Waals surface area contributed by atoms with Gasteiger partial charge in [-0.2, -0.15) is 0 Å². The summed E-state index contributed by atoms with van der Waals surface area (Å²) in [6.45, 7) is 2.87. The Morgan fingerprint density at radius 3 is 2.50 bits per heavy atom. The highest BCUT2D eigenvalue weighted by atomic mass is 79.9. The molecule has 2 heterocycles. The molecule has 0 aliphatic carbocycles. The van der Waals surface area contributed by atoms with Gasteiger partial charge in [0.05, 0.1) is 0 Å². The molecule has 1 aromatic carbocycles. The van der Waals surface area contributed by atoms with Crippen molar-refractivity contribution in [1.29, 1.82) is 0 Å². The Morgan fingerprint density at radius 1 is 1.09 bits per heavy atom. The molecule has 2 aromatic heterocycles. The maximum atomic E-state index is 5.58. The maximum Gasteiger partial charge on any atom is 0.200 e. The highest BCUT2D eigenvalue weighted by molar-refractivity contribution is 9.10. The fourth-order valence-electron chi connectivity index (χ4n) is 2.03. The molecule has 22 heavy (non-hydrogen) atoms. The Bertz CT molecular complexity index is 767. The topological polar surface area (TPSA) is 43.9 Å². The molecular formula is C15H13Br2N3OS. The third-order valence-corrected chi connectivity index (χ3v) is 5.10. The first-order chi connectivity index (χ1) is 10.7. The zero-order chi connectivity index (χ0) is 15.5. The van der Waals surface area contributed by atoms with Gasteiger partial charge in [-0.1, -0.05) is 39.8 Å². The van der Waals surface area contributed by atoms with Crippen LogP contribution in [0.15, 0.2) is 55.1 Å². The second kappa shape index (κ2) is 7.02. The third kappa shape index (κ3) is 3.47. The van der Waals surface area contributed by atoms with Crippen LogP contribution >= 0.6 is 43.6 Å². The molecule has 7 heteroatoms. The van der Waals surface area contributed by atoms with Crippen LogP contribution < -0.4 is 0 Å². The van der Waals surface area contributed by atoms with Crippen molar-refractivity contribution in [3.05, 3.63) is 51.1 Å². The molecule has 4 nitrogen and oxygen atoms in total. The van der Waals surface area contributed by atoms with E-state index >= 15 is 0 Å². The van der Waals surface area contributed by atoms with E-state index in [1.165, 1.54) is 5.56 Å². The van der Waals surface area contributed by atoms with Crippen LogP contribution in [-0.2, 0) is 12.3 Å². The van der Waals surface area contributed by atoms with Gasteiger partial charge in [0.25, 0.3) is 0 Å². The number of halogens is 2. The van der Waals surface area contributed by atoms with E-state index in [0.717, 1.165) is 33.5 Å². The molecule has 0 saturated heterocycles. The monoisotopic (exact) mass is 441 g/mol. The van der Waals surface area contributed by atoms with Crippen LogP contribution in [0.25, 0.3) is 11.6 Å². The highest BCUT2D eigenvalue weighted by Crippen LogP contribution is 2.28. The number of nitrogens with zero attached hydrogens (tertiary/aromatic N) is 3. The molecule has 0 unspecified atom stereocenters. The molecule has 0 spiro atoms. The van der Waals surface area contributed by atoms with Crippen molar-refractivity contribution >= 4 is 43.6 Å². The normalized spacial score (nSPS) is 11.0. The molecular weight excluding hydrogens is 430 g/mol. The van der Waals surface area contributed by atoms with Crippen molar-refractivity contribution in [2.45, 2.75) is 24.4 Å². The molecule has 0 amide bonds. The van der Waals surface area contributed by atoms with Gasteiger partial charge in [0, 0.05) is 16.8 Å². The van der Waals surface area contributed by atoms with Gasteiger partial charge in [-0.05, 0) is 52.7 Å². The lowest BCUT2D eigenvalue weighted by atomic mass is 10.2. The van der Waals surface area contributed by atoms with E-state index in [9.17, 15) is 0 Å². The van der Waals surface area contributed by atoms with E-state index < -0.39 is 0 Å². The van der Waals surface area contributed by atoms with Crippen molar-refractivity contribution < 1.29 is 4.42 Å². The van der Waals surface area contributed by atoms with Gasteiger partial charge in [0.15, 0.2) is 15.6 Å². The zero-order valence-electron chi connectivity index (χ0n) is 11.8. The minimum absolute atomic E-state index is 0.692. The Kier molecular flexibility index (Phi) is 5.05. The number of hydrogen-bond acceptors (Lipinski definition) is 4. The van der Waals surface area contributed by atoms with Crippen molar-refractivity contribution in [2.75, 3.05) is 0 Å². The Labute approximate surface area is 149 Å². The van der Waals surface area contributed by atoms with Gasteiger partial charge < -0.3 is 4.42 Å². The third-order valence-electron chi connectivity index (χ3n) is 3.11. The van der Waals surface area contributed by atoms with Crippen molar-refractivity contribution in [3.63, 3.8) is 0 Å². The number of aromatic nitrogens is 3. The van der Waals surface area contributed by atoms with E-state index in [0.29, 0.717) is 4.67 Å². The summed E-state index contributed by atoms with van der Waals surface area (Å²) in [4.78, 5) is 0. The SMILES string of the molecule is CCn1c(SCc2ccc(Br)cc2)nnc1-c1ccc(Br)o1. The summed E-state index contributed by atoms with van der Waals surface area (Å²) in [6.07, 6.45) is 0. The highest BCUT2D eigenvalue weighted by Gasteiger charge is 2.16. The van der Waals surface area contributed by atoms with Crippen LogP contribution in [0.5, 0.6) is 0 Å². The molecule has 0 aliphatic heterocycles. The second-order valence-corrected chi connectivity index (χ2v) is 7.21.